The maximum absolute atomic E-state index is 12.0. The highest BCUT2D eigenvalue weighted by atomic mass is 35.5. The molecular weight excluding hydrogens is 308 g/mol. The summed E-state index contributed by atoms with van der Waals surface area (Å²) in [6, 6.07) is 4.97. The Kier molecular flexibility index (Phi) is 7.18. The lowest BCUT2D eigenvalue weighted by atomic mass is 10.2. The van der Waals surface area contributed by atoms with Gasteiger partial charge in [0, 0.05) is 33.9 Å². The molecule has 1 amide bonds. The molecule has 118 valence electrons. The van der Waals surface area contributed by atoms with Crippen LogP contribution < -0.4 is 11.1 Å². The van der Waals surface area contributed by atoms with Crippen LogP contribution in [0.25, 0.3) is 0 Å². The number of nitrogen functional groups attached to an aromatic ring is 1. The van der Waals surface area contributed by atoms with Crippen molar-refractivity contribution in [3.8, 4) is 0 Å². The summed E-state index contributed by atoms with van der Waals surface area (Å²) in [6.45, 7) is 6.10. The minimum absolute atomic E-state index is 0.106. The topological polar surface area (TPSA) is 72.2 Å². The van der Waals surface area contributed by atoms with Crippen molar-refractivity contribution in [1.29, 1.82) is 0 Å². The summed E-state index contributed by atoms with van der Waals surface area (Å²) in [4.78, 5) is 11.8. The Labute approximate surface area is 133 Å². The Hall–Kier alpha value is -1.07. The molecule has 2 unspecified atom stereocenters. The van der Waals surface area contributed by atoms with Crippen LogP contribution in [0.3, 0.4) is 0 Å². The van der Waals surface area contributed by atoms with E-state index in [4.69, 9.17) is 17.3 Å². The molecule has 1 rings (SSSR count). The van der Waals surface area contributed by atoms with Crippen molar-refractivity contribution in [2.45, 2.75) is 38.9 Å². The van der Waals surface area contributed by atoms with E-state index in [-0.39, 0.29) is 11.2 Å². The predicted molar refractivity (Wildman–Crippen MR) is 91.0 cm³/mol. The summed E-state index contributed by atoms with van der Waals surface area (Å²) in [5, 5.41) is 3.38. The lowest BCUT2D eigenvalue weighted by molar-refractivity contribution is -0.116. The molecule has 3 N–H and O–H groups in total. The van der Waals surface area contributed by atoms with Crippen molar-refractivity contribution in [2.24, 2.45) is 5.92 Å². The van der Waals surface area contributed by atoms with Gasteiger partial charge in [0.05, 0.1) is 10.7 Å². The standard InChI is InChI=1S/C15H23ClN2O2S/c1-10(2)11(3)21(20)8-4-5-15(19)18-12-6-7-13(16)14(17)9-12/h6-7,9-11H,4-5,8,17H2,1-3H3,(H,18,19). The maximum Gasteiger partial charge on any atom is 0.224 e. The molecule has 0 radical (unpaired) electrons. The van der Waals surface area contributed by atoms with Crippen molar-refractivity contribution < 1.29 is 9.00 Å². The van der Waals surface area contributed by atoms with Crippen LogP contribution in [0.2, 0.25) is 5.02 Å². The smallest absolute Gasteiger partial charge is 0.224 e. The zero-order valence-corrected chi connectivity index (χ0v) is 14.3. The molecule has 1 aromatic rings. The molecular formula is C15H23ClN2O2S. The third-order valence-electron chi connectivity index (χ3n) is 3.38. The van der Waals surface area contributed by atoms with Crippen LogP contribution in [-0.4, -0.2) is 21.1 Å². The fraction of sp³-hybridized carbons (Fsp3) is 0.533. The van der Waals surface area contributed by atoms with Gasteiger partial charge >= 0.3 is 0 Å². The van der Waals surface area contributed by atoms with Gasteiger partial charge in [-0.3, -0.25) is 9.00 Å². The summed E-state index contributed by atoms with van der Waals surface area (Å²) < 4.78 is 12.0. The largest absolute Gasteiger partial charge is 0.397 e. The van der Waals surface area contributed by atoms with Gasteiger partial charge in [0.25, 0.3) is 0 Å². The van der Waals surface area contributed by atoms with Gasteiger partial charge in [0.15, 0.2) is 0 Å². The van der Waals surface area contributed by atoms with Gasteiger partial charge in [-0.2, -0.15) is 0 Å². The highest BCUT2D eigenvalue weighted by Crippen LogP contribution is 2.22. The number of hydrogen-bond donors (Lipinski definition) is 2. The monoisotopic (exact) mass is 330 g/mol. The summed E-state index contributed by atoms with van der Waals surface area (Å²) in [5.74, 6) is 0.831. The third-order valence-corrected chi connectivity index (χ3v) is 5.79. The van der Waals surface area contributed by atoms with Crippen LogP contribution in [0.5, 0.6) is 0 Å². The number of halogens is 1. The van der Waals surface area contributed by atoms with Gasteiger partial charge < -0.3 is 11.1 Å². The van der Waals surface area contributed by atoms with E-state index >= 15 is 0 Å². The molecule has 0 spiro atoms. The SMILES string of the molecule is CC(C)C(C)S(=O)CCCC(=O)Nc1ccc(Cl)c(N)c1. The number of amides is 1. The number of rotatable bonds is 7. The molecule has 6 heteroatoms. The highest BCUT2D eigenvalue weighted by molar-refractivity contribution is 7.85. The molecule has 0 saturated heterocycles. The molecule has 1 aromatic carbocycles. The molecule has 0 aliphatic heterocycles. The average Bonchev–Trinajstić information content (AvgIpc) is 2.41. The Morgan fingerprint density at radius 1 is 1.38 bits per heavy atom. The van der Waals surface area contributed by atoms with E-state index in [1.165, 1.54) is 0 Å². The second-order valence-electron chi connectivity index (χ2n) is 5.42. The van der Waals surface area contributed by atoms with Crippen molar-refractivity contribution in [3.63, 3.8) is 0 Å². The normalized spacial score (nSPS) is 14.0. The van der Waals surface area contributed by atoms with Crippen molar-refractivity contribution >= 4 is 39.7 Å². The number of benzene rings is 1. The summed E-state index contributed by atoms with van der Waals surface area (Å²) in [5.41, 5.74) is 6.73. The fourth-order valence-electron chi connectivity index (χ4n) is 1.71. The van der Waals surface area contributed by atoms with E-state index in [1.807, 2.05) is 6.92 Å². The first-order chi connectivity index (χ1) is 9.81. The number of carbonyl (C=O) groups excluding carboxylic acids is 1. The van der Waals surface area contributed by atoms with Gasteiger partial charge in [-0.1, -0.05) is 32.4 Å². The van der Waals surface area contributed by atoms with Crippen LogP contribution in [-0.2, 0) is 15.6 Å². The van der Waals surface area contributed by atoms with Crippen LogP contribution in [0.4, 0.5) is 11.4 Å². The van der Waals surface area contributed by atoms with Crippen molar-refractivity contribution in [2.75, 3.05) is 16.8 Å². The predicted octanol–water partition coefficient (Wildman–Crippen LogP) is 3.43. The van der Waals surface area contributed by atoms with E-state index in [0.29, 0.717) is 40.9 Å². The van der Waals surface area contributed by atoms with E-state index in [2.05, 4.69) is 19.2 Å². The summed E-state index contributed by atoms with van der Waals surface area (Å²) in [7, 11) is -0.882. The molecule has 0 heterocycles. The van der Waals surface area contributed by atoms with E-state index < -0.39 is 10.8 Å². The Balaban J connectivity index is 2.37. The third kappa shape index (κ3) is 6.06. The van der Waals surface area contributed by atoms with Crippen LogP contribution >= 0.6 is 11.6 Å². The first kappa shape index (κ1) is 18.0. The summed E-state index contributed by atoms with van der Waals surface area (Å²) >= 11 is 5.82. The molecule has 0 bridgehead atoms. The first-order valence-electron chi connectivity index (χ1n) is 7.03. The second-order valence-corrected chi connectivity index (χ2v) is 7.74. The molecule has 0 aromatic heterocycles. The molecule has 0 aliphatic carbocycles. The molecule has 2 atom stereocenters. The first-order valence-corrected chi connectivity index (χ1v) is 8.79. The zero-order chi connectivity index (χ0) is 16.0. The zero-order valence-electron chi connectivity index (χ0n) is 12.7. The number of hydrogen-bond acceptors (Lipinski definition) is 3. The quantitative estimate of drug-likeness (QED) is 0.752. The maximum atomic E-state index is 12.0. The molecule has 0 saturated carbocycles. The molecule has 0 fully saturated rings. The number of carbonyl (C=O) groups is 1. The highest BCUT2D eigenvalue weighted by Gasteiger charge is 2.15. The van der Waals surface area contributed by atoms with Gasteiger partial charge in [-0.15, -0.1) is 0 Å². The van der Waals surface area contributed by atoms with E-state index in [0.717, 1.165) is 0 Å². The number of anilines is 2. The number of nitrogens with one attached hydrogen (secondary N) is 1. The Bertz CT molecular complexity index is 520. The minimum atomic E-state index is -0.882. The van der Waals surface area contributed by atoms with Gasteiger partial charge in [0.2, 0.25) is 5.91 Å². The molecule has 21 heavy (non-hydrogen) atoms. The van der Waals surface area contributed by atoms with Gasteiger partial charge in [-0.05, 0) is 30.5 Å². The fourth-order valence-corrected chi connectivity index (χ4v) is 3.23. The Morgan fingerprint density at radius 3 is 2.62 bits per heavy atom. The van der Waals surface area contributed by atoms with Gasteiger partial charge in [-0.25, -0.2) is 0 Å². The molecule has 4 nitrogen and oxygen atoms in total. The Morgan fingerprint density at radius 2 is 2.05 bits per heavy atom. The van der Waals surface area contributed by atoms with E-state index in [1.54, 1.807) is 18.2 Å². The average molecular weight is 331 g/mol. The molecule has 0 aliphatic rings. The van der Waals surface area contributed by atoms with Crippen LogP contribution in [0, 0.1) is 5.92 Å². The second kappa shape index (κ2) is 8.39. The van der Waals surface area contributed by atoms with Crippen molar-refractivity contribution in [3.05, 3.63) is 23.2 Å². The lowest BCUT2D eigenvalue weighted by Crippen LogP contribution is -2.21. The van der Waals surface area contributed by atoms with Crippen molar-refractivity contribution in [1.82, 2.24) is 0 Å². The van der Waals surface area contributed by atoms with Gasteiger partial charge in [0.1, 0.15) is 0 Å². The summed E-state index contributed by atoms with van der Waals surface area (Å²) in [6.07, 6.45) is 0.956. The minimum Gasteiger partial charge on any atom is -0.397 e. The van der Waals surface area contributed by atoms with Crippen LogP contribution in [0.15, 0.2) is 18.2 Å². The number of nitrogens with two attached hydrogens (primary N) is 1. The lowest BCUT2D eigenvalue weighted by Gasteiger charge is -2.14. The van der Waals surface area contributed by atoms with E-state index in [9.17, 15) is 9.00 Å². The van der Waals surface area contributed by atoms with Crippen LogP contribution in [0.1, 0.15) is 33.6 Å².